The topological polar surface area (TPSA) is 113 Å². The van der Waals surface area contributed by atoms with Crippen LogP contribution in [-0.2, 0) is 25.5 Å². The third kappa shape index (κ3) is 4.21. The third-order valence-corrected chi connectivity index (χ3v) is 4.42. The maximum absolute atomic E-state index is 12.1. The molecule has 140 valence electrons. The van der Waals surface area contributed by atoms with E-state index in [0.29, 0.717) is 14.6 Å². The van der Waals surface area contributed by atoms with Crippen LogP contribution in [0.25, 0.3) is 5.65 Å². The summed E-state index contributed by atoms with van der Waals surface area (Å²) in [5, 5.41) is 11.6. The predicted molar refractivity (Wildman–Crippen MR) is 97.7 cm³/mol. The van der Waals surface area contributed by atoms with Gasteiger partial charge >= 0.3 is 17.8 Å². The molecule has 0 aliphatic heterocycles. The van der Waals surface area contributed by atoms with Crippen molar-refractivity contribution in [3.8, 4) is 0 Å². The molecule has 0 atom stereocenters. The van der Waals surface area contributed by atoms with Crippen molar-refractivity contribution in [2.45, 2.75) is 20.3 Å². The minimum Gasteiger partial charge on any atom is -0.465 e. The lowest BCUT2D eigenvalue weighted by Crippen LogP contribution is -2.30. The van der Waals surface area contributed by atoms with Crippen LogP contribution in [0.5, 0.6) is 0 Å². The molecule has 0 unspecified atom stereocenters. The third-order valence-electron chi connectivity index (χ3n) is 3.40. The summed E-state index contributed by atoms with van der Waals surface area (Å²) in [6.07, 6.45) is 1.18. The second kappa shape index (κ2) is 8.58. The summed E-state index contributed by atoms with van der Waals surface area (Å²) in [6.45, 7) is 3.34. The average Bonchev–Trinajstić information content (AvgIpc) is 2.91. The molecule has 0 N–H and O–H groups in total. The molecular weight excluding hydrogens is 478 g/mol. The van der Waals surface area contributed by atoms with Crippen molar-refractivity contribution in [1.82, 2.24) is 9.38 Å². The largest absolute Gasteiger partial charge is 0.465 e. The zero-order valence-electron chi connectivity index (χ0n) is 13.9. The first-order chi connectivity index (χ1) is 12.3. The highest BCUT2D eigenvalue weighted by Gasteiger charge is 2.35. The number of nitro groups is 1. The van der Waals surface area contributed by atoms with E-state index in [1.807, 2.05) is 0 Å². The van der Waals surface area contributed by atoms with Gasteiger partial charge < -0.3 is 19.6 Å². The van der Waals surface area contributed by atoms with Crippen LogP contribution >= 0.6 is 31.9 Å². The monoisotopic (exact) mass is 491 g/mol. The maximum atomic E-state index is 12.1. The van der Waals surface area contributed by atoms with Crippen molar-refractivity contribution in [3.63, 3.8) is 0 Å². The van der Waals surface area contributed by atoms with Gasteiger partial charge in [-0.3, -0.25) is 9.59 Å². The Morgan fingerprint density at radius 2 is 1.85 bits per heavy atom. The van der Waals surface area contributed by atoms with Gasteiger partial charge in [-0.05, 0) is 56.7 Å². The van der Waals surface area contributed by atoms with Crippen molar-refractivity contribution in [2.75, 3.05) is 13.2 Å². The lowest BCUT2D eigenvalue weighted by molar-refractivity contribution is -0.391. The smallest absolute Gasteiger partial charge is 0.351 e. The van der Waals surface area contributed by atoms with E-state index in [2.05, 4.69) is 36.8 Å². The predicted octanol–water partition coefficient (Wildman–Crippen LogP) is 3.05. The molecule has 0 aromatic carbocycles. The number of imidazole rings is 1. The van der Waals surface area contributed by atoms with Gasteiger partial charge in [-0.2, -0.15) is 4.40 Å². The second-order valence-electron chi connectivity index (χ2n) is 5.10. The van der Waals surface area contributed by atoms with Gasteiger partial charge in [-0.25, -0.2) is 4.98 Å². The van der Waals surface area contributed by atoms with Crippen LogP contribution in [0.15, 0.2) is 21.2 Å². The van der Waals surface area contributed by atoms with Gasteiger partial charge in [-0.15, -0.1) is 0 Å². The van der Waals surface area contributed by atoms with Crippen LogP contribution in [0.4, 0.5) is 5.82 Å². The number of carbonyl (C=O) groups excluding carboxylic acids is 2. The SMILES string of the molecule is CCOC(=O)C(Cc1nc2c(Br)cc(Br)cn2c1[N+](=O)[O-])C(=O)OCC. The molecule has 0 saturated heterocycles. The standard InChI is InChI=1S/C15H15Br2N3O6/c1-3-25-14(21)9(15(22)26-4-2)6-11-13(20(23)24)19-7-8(16)5-10(17)12(19)18-11/h5,7,9H,3-4,6H2,1-2H3. The normalized spacial score (nSPS) is 11.0. The number of fused-ring (bicyclic) bond motifs is 1. The maximum Gasteiger partial charge on any atom is 0.351 e. The molecule has 0 aliphatic rings. The molecule has 2 aromatic rings. The molecule has 2 rings (SSSR count). The minimum atomic E-state index is -1.33. The first-order valence-corrected chi connectivity index (χ1v) is 9.22. The van der Waals surface area contributed by atoms with Gasteiger partial charge in [0.05, 0.1) is 22.2 Å². The minimum absolute atomic E-state index is 0.0140. The van der Waals surface area contributed by atoms with E-state index in [4.69, 9.17) is 9.47 Å². The average molecular weight is 493 g/mol. The van der Waals surface area contributed by atoms with Gasteiger partial charge in [-0.1, -0.05) is 0 Å². The molecule has 9 nitrogen and oxygen atoms in total. The second-order valence-corrected chi connectivity index (χ2v) is 6.87. The Labute approximate surface area is 165 Å². The van der Waals surface area contributed by atoms with Crippen molar-refractivity contribution in [1.29, 1.82) is 0 Å². The van der Waals surface area contributed by atoms with Crippen LogP contribution in [0.1, 0.15) is 19.5 Å². The Morgan fingerprint density at radius 3 is 2.35 bits per heavy atom. The Balaban J connectivity index is 2.54. The molecule has 2 heterocycles. The fraction of sp³-hybridized carbons (Fsp3) is 0.400. The van der Waals surface area contributed by atoms with Crippen LogP contribution in [-0.4, -0.2) is 39.5 Å². The number of rotatable bonds is 7. The Bertz CT molecular complexity index is 849. The van der Waals surface area contributed by atoms with E-state index >= 15 is 0 Å². The lowest BCUT2D eigenvalue weighted by atomic mass is 10.0. The van der Waals surface area contributed by atoms with Gasteiger partial charge in [0.25, 0.3) is 0 Å². The van der Waals surface area contributed by atoms with E-state index in [9.17, 15) is 19.7 Å². The Morgan fingerprint density at radius 1 is 1.27 bits per heavy atom. The summed E-state index contributed by atoms with van der Waals surface area (Å²) < 4.78 is 12.2. The van der Waals surface area contributed by atoms with E-state index in [-0.39, 0.29) is 31.1 Å². The number of hydrogen-bond acceptors (Lipinski definition) is 7. The summed E-state index contributed by atoms with van der Waals surface area (Å²) >= 11 is 6.56. The summed E-state index contributed by atoms with van der Waals surface area (Å²) in [4.78, 5) is 39.5. The number of esters is 2. The van der Waals surface area contributed by atoms with Crippen molar-refractivity contribution in [3.05, 3.63) is 37.0 Å². The van der Waals surface area contributed by atoms with Crippen molar-refractivity contribution >= 4 is 55.3 Å². The zero-order valence-corrected chi connectivity index (χ0v) is 17.1. The number of nitrogens with zero attached hydrogens (tertiary/aromatic N) is 3. The number of hydrogen-bond donors (Lipinski definition) is 0. The number of carbonyl (C=O) groups is 2. The van der Waals surface area contributed by atoms with Gasteiger partial charge in [0.2, 0.25) is 5.65 Å². The molecule has 11 heteroatoms. The quantitative estimate of drug-likeness (QED) is 0.252. The molecule has 0 aliphatic carbocycles. The number of ether oxygens (including phenoxy) is 2. The highest BCUT2D eigenvalue weighted by molar-refractivity contribution is 9.11. The van der Waals surface area contributed by atoms with Crippen LogP contribution < -0.4 is 0 Å². The summed E-state index contributed by atoms with van der Waals surface area (Å²) in [5.74, 6) is -3.28. The Kier molecular flexibility index (Phi) is 6.70. The summed E-state index contributed by atoms with van der Waals surface area (Å²) in [7, 11) is 0. The molecule has 0 spiro atoms. The van der Waals surface area contributed by atoms with Crippen molar-refractivity contribution < 1.29 is 24.0 Å². The van der Waals surface area contributed by atoms with E-state index < -0.39 is 22.8 Å². The fourth-order valence-electron chi connectivity index (χ4n) is 2.38. The van der Waals surface area contributed by atoms with E-state index in [1.54, 1.807) is 19.9 Å². The Hall–Kier alpha value is -2.01. The molecule has 26 heavy (non-hydrogen) atoms. The van der Waals surface area contributed by atoms with Gasteiger partial charge in [0.15, 0.2) is 5.92 Å². The highest BCUT2D eigenvalue weighted by atomic mass is 79.9. The van der Waals surface area contributed by atoms with Crippen LogP contribution in [0.2, 0.25) is 0 Å². The molecular formula is C15H15Br2N3O6. The molecule has 0 radical (unpaired) electrons. The molecule has 0 bridgehead atoms. The molecule has 2 aromatic heterocycles. The summed E-state index contributed by atoms with van der Waals surface area (Å²) in [5.41, 5.74) is 0.279. The van der Waals surface area contributed by atoms with E-state index in [1.165, 1.54) is 10.6 Å². The van der Waals surface area contributed by atoms with Crippen LogP contribution in [0.3, 0.4) is 0 Å². The molecule has 0 amide bonds. The first-order valence-electron chi connectivity index (χ1n) is 7.63. The van der Waals surface area contributed by atoms with E-state index in [0.717, 1.165) is 0 Å². The lowest BCUT2D eigenvalue weighted by Gasteiger charge is -2.13. The zero-order chi connectivity index (χ0) is 19.4. The molecule has 0 saturated carbocycles. The van der Waals surface area contributed by atoms with Gasteiger partial charge in [0.1, 0.15) is 11.9 Å². The number of halogens is 2. The molecule has 0 fully saturated rings. The van der Waals surface area contributed by atoms with Gasteiger partial charge in [0, 0.05) is 6.42 Å². The number of aromatic nitrogens is 2. The first kappa shape index (κ1) is 20.3. The highest BCUT2D eigenvalue weighted by Crippen LogP contribution is 2.30. The fourth-order valence-corrected chi connectivity index (χ4v) is 3.65. The van der Waals surface area contributed by atoms with Crippen LogP contribution in [0, 0.1) is 16.0 Å². The van der Waals surface area contributed by atoms with Crippen molar-refractivity contribution in [2.24, 2.45) is 5.92 Å². The summed E-state index contributed by atoms with van der Waals surface area (Å²) in [6, 6.07) is 1.68. The number of pyridine rings is 1.